The quantitative estimate of drug-likeness (QED) is 0.891. The third-order valence-corrected chi connectivity index (χ3v) is 4.61. The van der Waals surface area contributed by atoms with E-state index in [2.05, 4.69) is 52.8 Å². The van der Waals surface area contributed by atoms with E-state index in [0.29, 0.717) is 12.3 Å². The highest BCUT2D eigenvalue weighted by Crippen LogP contribution is 2.36. The van der Waals surface area contributed by atoms with Gasteiger partial charge in [-0.2, -0.15) is 0 Å². The van der Waals surface area contributed by atoms with E-state index in [0.717, 1.165) is 17.5 Å². The molecule has 1 aromatic carbocycles. The van der Waals surface area contributed by atoms with Crippen LogP contribution in [0.4, 0.5) is 0 Å². The molecule has 0 aliphatic carbocycles. The smallest absolute Gasteiger partial charge is 0.119 e. The number of amidine groups is 1. The van der Waals surface area contributed by atoms with Gasteiger partial charge in [0.15, 0.2) is 0 Å². The molecule has 0 saturated heterocycles. The van der Waals surface area contributed by atoms with Gasteiger partial charge in [-0.3, -0.25) is 4.99 Å². The second-order valence-electron chi connectivity index (χ2n) is 5.22. The number of thiophene rings is 1. The Morgan fingerprint density at radius 1 is 1.19 bits per heavy atom. The first kappa shape index (κ1) is 14.0. The maximum Gasteiger partial charge on any atom is 0.119 e. The SMILES string of the molecule is NC1=NC(Cc2cccs2)(c2ccc(CCO)cc2)C=C1. The maximum atomic E-state index is 9.01. The van der Waals surface area contributed by atoms with Gasteiger partial charge in [-0.05, 0) is 41.1 Å². The minimum absolute atomic E-state index is 0.171. The summed E-state index contributed by atoms with van der Waals surface area (Å²) in [6.07, 6.45) is 5.47. The molecule has 1 aliphatic heterocycles. The maximum absolute atomic E-state index is 9.01. The molecule has 1 aliphatic rings. The van der Waals surface area contributed by atoms with E-state index in [9.17, 15) is 0 Å². The number of aliphatic hydroxyl groups is 1. The average molecular weight is 298 g/mol. The number of nitrogens with zero attached hydrogens (tertiary/aromatic N) is 1. The van der Waals surface area contributed by atoms with Crippen molar-refractivity contribution in [3.8, 4) is 0 Å². The van der Waals surface area contributed by atoms with Gasteiger partial charge in [-0.15, -0.1) is 11.3 Å². The van der Waals surface area contributed by atoms with Crippen molar-refractivity contribution in [2.24, 2.45) is 10.7 Å². The Bertz CT molecular complexity index is 659. The molecule has 2 heterocycles. The van der Waals surface area contributed by atoms with E-state index >= 15 is 0 Å². The summed E-state index contributed by atoms with van der Waals surface area (Å²) in [6.45, 7) is 0.171. The molecule has 0 amide bonds. The van der Waals surface area contributed by atoms with E-state index in [-0.39, 0.29) is 6.61 Å². The zero-order valence-electron chi connectivity index (χ0n) is 11.7. The van der Waals surface area contributed by atoms with Crippen molar-refractivity contribution < 1.29 is 5.11 Å². The number of hydrogen-bond donors (Lipinski definition) is 2. The van der Waals surface area contributed by atoms with E-state index in [1.165, 1.54) is 4.88 Å². The largest absolute Gasteiger partial charge is 0.396 e. The third-order valence-electron chi connectivity index (χ3n) is 3.74. The molecule has 2 aromatic rings. The van der Waals surface area contributed by atoms with Crippen molar-refractivity contribution in [1.82, 2.24) is 0 Å². The summed E-state index contributed by atoms with van der Waals surface area (Å²) >= 11 is 1.74. The first-order valence-electron chi connectivity index (χ1n) is 6.99. The Hall–Kier alpha value is -1.91. The van der Waals surface area contributed by atoms with Crippen LogP contribution in [0.15, 0.2) is 58.9 Å². The Morgan fingerprint density at radius 3 is 2.57 bits per heavy atom. The molecule has 3 nitrogen and oxygen atoms in total. The first-order valence-corrected chi connectivity index (χ1v) is 7.87. The molecule has 0 spiro atoms. The summed E-state index contributed by atoms with van der Waals surface area (Å²) in [5.74, 6) is 0.575. The summed E-state index contributed by atoms with van der Waals surface area (Å²) in [5.41, 5.74) is 7.76. The zero-order chi connectivity index (χ0) is 14.7. The molecular formula is C17H18N2OS. The first-order chi connectivity index (χ1) is 10.2. The lowest BCUT2D eigenvalue weighted by molar-refractivity contribution is 0.299. The van der Waals surface area contributed by atoms with E-state index < -0.39 is 5.54 Å². The lowest BCUT2D eigenvalue weighted by Crippen LogP contribution is -2.23. The van der Waals surface area contributed by atoms with E-state index in [1.54, 1.807) is 11.3 Å². The molecule has 3 N–H and O–H groups in total. The van der Waals surface area contributed by atoms with Gasteiger partial charge in [0.1, 0.15) is 11.4 Å². The third kappa shape index (κ3) is 2.91. The van der Waals surface area contributed by atoms with Gasteiger partial charge in [-0.1, -0.05) is 30.3 Å². The second kappa shape index (κ2) is 5.84. The van der Waals surface area contributed by atoms with Crippen LogP contribution in [0, 0.1) is 0 Å². The molecule has 4 heteroatoms. The summed E-state index contributed by atoms with van der Waals surface area (Å²) in [5, 5.41) is 11.1. The fourth-order valence-electron chi connectivity index (χ4n) is 2.66. The van der Waals surface area contributed by atoms with E-state index in [1.807, 2.05) is 6.08 Å². The molecule has 3 rings (SSSR count). The van der Waals surface area contributed by atoms with Crippen LogP contribution >= 0.6 is 11.3 Å². The minimum Gasteiger partial charge on any atom is -0.396 e. The minimum atomic E-state index is -0.396. The molecular weight excluding hydrogens is 280 g/mol. The molecule has 21 heavy (non-hydrogen) atoms. The Labute approximate surface area is 128 Å². The monoisotopic (exact) mass is 298 g/mol. The highest BCUT2D eigenvalue weighted by atomic mass is 32.1. The summed E-state index contributed by atoms with van der Waals surface area (Å²) in [7, 11) is 0. The topological polar surface area (TPSA) is 58.6 Å². The summed E-state index contributed by atoms with van der Waals surface area (Å²) in [6, 6.07) is 12.5. The summed E-state index contributed by atoms with van der Waals surface area (Å²) in [4.78, 5) is 5.97. The van der Waals surface area contributed by atoms with Crippen molar-refractivity contribution in [3.63, 3.8) is 0 Å². The van der Waals surface area contributed by atoms with Gasteiger partial charge in [0, 0.05) is 17.9 Å². The fourth-order valence-corrected chi connectivity index (χ4v) is 3.45. The molecule has 1 unspecified atom stereocenters. The van der Waals surface area contributed by atoms with Crippen molar-refractivity contribution in [2.45, 2.75) is 18.4 Å². The van der Waals surface area contributed by atoms with Gasteiger partial charge in [-0.25, -0.2) is 0 Å². The predicted octanol–water partition coefficient (Wildman–Crippen LogP) is 2.65. The Balaban J connectivity index is 1.94. The number of hydrogen-bond acceptors (Lipinski definition) is 4. The molecule has 0 saturated carbocycles. The number of aliphatic imine (C=N–C) groups is 1. The summed E-state index contributed by atoms with van der Waals surface area (Å²) < 4.78 is 0. The van der Waals surface area contributed by atoms with Crippen LogP contribution in [0.2, 0.25) is 0 Å². The normalized spacial score (nSPS) is 20.7. The molecule has 0 radical (unpaired) electrons. The molecule has 0 bridgehead atoms. The van der Waals surface area contributed by atoms with Crippen molar-refractivity contribution in [3.05, 3.63) is 69.9 Å². The van der Waals surface area contributed by atoms with Crippen LogP contribution in [-0.2, 0) is 18.4 Å². The van der Waals surface area contributed by atoms with Crippen LogP contribution in [0.3, 0.4) is 0 Å². The number of rotatable bonds is 5. The van der Waals surface area contributed by atoms with Crippen LogP contribution in [0.1, 0.15) is 16.0 Å². The molecule has 108 valence electrons. The molecule has 0 fully saturated rings. The van der Waals surface area contributed by atoms with Crippen molar-refractivity contribution in [1.29, 1.82) is 0 Å². The Kier molecular flexibility index (Phi) is 3.90. The van der Waals surface area contributed by atoms with Gasteiger partial charge < -0.3 is 10.8 Å². The lowest BCUT2D eigenvalue weighted by atomic mass is 9.86. The molecule has 1 atom stereocenters. The van der Waals surface area contributed by atoms with Crippen LogP contribution in [0.5, 0.6) is 0 Å². The van der Waals surface area contributed by atoms with Crippen molar-refractivity contribution in [2.75, 3.05) is 6.61 Å². The predicted molar refractivity (Wildman–Crippen MR) is 87.7 cm³/mol. The van der Waals surface area contributed by atoms with Gasteiger partial charge in [0.25, 0.3) is 0 Å². The zero-order valence-corrected chi connectivity index (χ0v) is 12.5. The Morgan fingerprint density at radius 2 is 2.00 bits per heavy atom. The fraction of sp³-hybridized carbons (Fsp3) is 0.235. The molecule has 1 aromatic heterocycles. The lowest BCUT2D eigenvalue weighted by Gasteiger charge is -2.24. The highest BCUT2D eigenvalue weighted by molar-refractivity contribution is 7.09. The van der Waals surface area contributed by atoms with Gasteiger partial charge in [0.05, 0.1) is 0 Å². The van der Waals surface area contributed by atoms with Gasteiger partial charge in [0.2, 0.25) is 0 Å². The van der Waals surface area contributed by atoms with Crippen LogP contribution in [-0.4, -0.2) is 17.5 Å². The number of aliphatic hydroxyl groups excluding tert-OH is 1. The standard InChI is InChI=1S/C17H18N2OS/c18-16-7-9-17(19-16,12-15-2-1-11-21-15)14-5-3-13(4-6-14)8-10-20/h1-7,9,11,20H,8,10,12H2,(H2,18,19). The number of nitrogens with two attached hydrogens (primary N) is 1. The van der Waals surface area contributed by atoms with E-state index in [4.69, 9.17) is 10.8 Å². The average Bonchev–Trinajstić information content (AvgIpc) is 3.11. The highest BCUT2D eigenvalue weighted by Gasteiger charge is 2.32. The number of benzene rings is 1. The van der Waals surface area contributed by atoms with Crippen LogP contribution in [0.25, 0.3) is 0 Å². The van der Waals surface area contributed by atoms with Crippen LogP contribution < -0.4 is 5.73 Å². The van der Waals surface area contributed by atoms with Crippen molar-refractivity contribution >= 4 is 17.2 Å². The second-order valence-corrected chi connectivity index (χ2v) is 6.25. The van der Waals surface area contributed by atoms with Gasteiger partial charge >= 0.3 is 0 Å².